The number of benzene rings is 2. The van der Waals surface area contributed by atoms with Gasteiger partial charge >= 0.3 is 0 Å². The molecule has 2 aromatic carbocycles. The molecule has 1 aliphatic heterocycles. The van der Waals surface area contributed by atoms with Crippen molar-refractivity contribution in [2.75, 3.05) is 11.1 Å². The lowest BCUT2D eigenvalue weighted by Gasteiger charge is -2.23. The Bertz CT molecular complexity index is 983. The summed E-state index contributed by atoms with van der Waals surface area (Å²) in [5.41, 5.74) is 3.44. The van der Waals surface area contributed by atoms with Crippen molar-refractivity contribution in [1.29, 1.82) is 0 Å². The minimum Gasteiger partial charge on any atom is -0.467 e. The van der Waals surface area contributed by atoms with Crippen molar-refractivity contribution in [2.24, 2.45) is 0 Å². The second-order valence-corrected chi connectivity index (χ2v) is 7.78. The monoisotopic (exact) mass is 392 g/mol. The van der Waals surface area contributed by atoms with Crippen LogP contribution in [0.4, 0.5) is 5.69 Å². The molecule has 28 heavy (non-hydrogen) atoms. The predicted octanol–water partition coefficient (Wildman–Crippen LogP) is 4.61. The van der Waals surface area contributed by atoms with Crippen molar-refractivity contribution in [3.63, 3.8) is 0 Å². The van der Waals surface area contributed by atoms with E-state index in [0.29, 0.717) is 17.9 Å². The highest BCUT2D eigenvalue weighted by molar-refractivity contribution is 8.00. The number of amides is 2. The molecule has 4 rings (SSSR count). The molecule has 0 unspecified atom stereocenters. The Balaban J connectivity index is 1.47. The molecule has 1 fully saturated rings. The first-order valence-electron chi connectivity index (χ1n) is 9.01. The van der Waals surface area contributed by atoms with Crippen LogP contribution in [0.3, 0.4) is 0 Å². The van der Waals surface area contributed by atoms with Gasteiger partial charge in [0.1, 0.15) is 11.1 Å². The van der Waals surface area contributed by atoms with Gasteiger partial charge in [-0.15, -0.1) is 11.8 Å². The van der Waals surface area contributed by atoms with E-state index in [1.807, 2.05) is 60.4 Å². The number of hydrogen-bond acceptors (Lipinski definition) is 4. The number of carbonyl (C=O) groups is 2. The molecule has 3 aromatic rings. The second kappa shape index (κ2) is 7.94. The first kappa shape index (κ1) is 18.4. The minimum absolute atomic E-state index is 0.0773. The zero-order valence-electron chi connectivity index (χ0n) is 15.4. The maximum absolute atomic E-state index is 12.5. The molecule has 1 aliphatic rings. The smallest absolute Gasteiger partial charge is 0.255 e. The van der Waals surface area contributed by atoms with Crippen LogP contribution in [0.25, 0.3) is 0 Å². The zero-order chi connectivity index (χ0) is 19.5. The standard InChI is InChI=1S/C22H20N2O3S/c1-15-4-2-5-18(12-15)23-21(26)16-7-9-17(10-8-16)22-24(20(25)14-28-22)13-19-6-3-11-27-19/h2-12,22H,13-14H2,1H3,(H,23,26)/t22-/m1/s1. The fourth-order valence-corrected chi connectivity index (χ4v) is 4.38. The molecule has 2 amide bonds. The number of anilines is 1. The summed E-state index contributed by atoms with van der Waals surface area (Å²) in [5.74, 6) is 1.14. The van der Waals surface area contributed by atoms with Crippen LogP contribution in [-0.2, 0) is 11.3 Å². The van der Waals surface area contributed by atoms with Crippen molar-refractivity contribution in [1.82, 2.24) is 4.90 Å². The first-order chi connectivity index (χ1) is 13.6. The predicted molar refractivity (Wildman–Crippen MR) is 110 cm³/mol. The van der Waals surface area contributed by atoms with Crippen molar-refractivity contribution >= 4 is 29.3 Å². The number of aryl methyl sites for hydroxylation is 1. The summed E-state index contributed by atoms with van der Waals surface area (Å²) in [5, 5.41) is 2.84. The lowest BCUT2D eigenvalue weighted by atomic mass is 10.1. The Hall–Kier alpha value is -2.99. The summed E-state index contributed by atoms with van der Waals surface area (Å²) < 4.78 is 5.39. The van der Waals surface area contributed by atoms with Crippen LogP contribution in [0.15, 0.2) is 71.3 Å². The maximum Gasteiger partial charge on any atom is 0.255 e. The van der Waals surface area contributed by atoms with Crippen LogP contribution in [0.2, 0.25) is 0 Å². The van der Waals surface area contributed by atoms with Gasteiger partial charge < -0.3 is 14.6 Å². The van der Waals surface area contributed by atoms with E-state index in [1.54, 1.807) is 30.2 Å². The van der Waals surface area contributed by atoms with E-state index >= 15 is 0 Å². The zero-order valence-corrected chi connectivity index (χ0v) is 16.2. The van der Waals surface area contributed by atoms with Crippen molar-refractivity contribution in [3.05, 3.63) is 89.4 Å². The summed E-state index contributed by atoms with van der Waals surface area (Å²) in [6.07, 6.45) is 1.61. The molecule has 5 nitrogen and oxygen atoms in total. The van der Waals surface area contributed by atoms with Crippen molar-refractivity contribution < 1.29 is 14.0 Å². The van der Waals surface area contributed by atoms with Gasteiger partial charge in [-0.2, -0.15) is 0 Å². The van der Waals surface area contributed by atoms with E-state index in [4.69, 9.17) is 4.42 Å². The van der Waals surface area contributed by atoms with Crippen LogP contribution in [0.1, 0.15) is 32.6 Å². The van der Waals surface area contributed by atoms with Crippen molar-refractivity contribution in [2.45, 2.75) is 18.8 Å². The van der Waals surface area contributed by atoms with Crippen LogP contribution in [0, 0.1) is 6.92 Å². The van der Waals surface area contributed by atoms with E-state index in [0.717, 1.165) is 22.6 Å². The highest BCUT2D eigenvalue weighted by atomic mass is 32.2. The van der Waals surface area contributed by atoms with Gasteiger partial charge in [-0.05, 0) is 54.4 Å². The first-order valence-corrected chi connectivity index (χ1v) is 10.1. The summed E-state index contributed by atoms with van der Waals surface area (Å²) in [6, 6.07) is 18.8. The number of rotatable bonds is 5. The number of hydrogen-bond donors (Lipinski definition) is 1. The molecular weight excluding hydrogens is 372 g/mol. The lowest BCUT2D eigenvalue weighted by molar-refractivity contribution is -0.128. The molecule has 0 saturated carbocycles. The van der Waals surface area contributed by atoms with Gasteiger partial charge in [0, 0.05) is 11.3 Å². The van der Waals surface area contributed by atoms with E-state index in [9.17, 15) is 9.59 Å². The molecule has 1 N–H and O–H groups in total. The highest BCUT2D eigenvalue weighted by Crippen LogP contribution is 2.39. The summed E-state index contributed by atoms with van der Waals surface area (Å²) in [6.45, 7) is 2.43. The van der Waals surface area contributed by atoms with Gasteiger partial charge in [0.15, 0.2) is 0 Å². The van der Waals surface area contributed by atoms with Gasteiger partial charge in [0.2, 0.25) is 5.91 Å². The van der Waals surface area contributed by atoms with Crippen molar-refractivity contribution in [3.8, 4) is 0 Å². The van der Waals surface area contributed by atoms with Crippen LogP contribution in [-0.4, -0.2) is 22.5 Å². The Morgan fingerprint density at radius 1 is 1.18 bits per heavy atom. The number of thioether (sulfide) groups is 1. The molecule has 0 radical (unpaired) electrons. The van der Waals surface area contributed by atoms with E-state index < -0.39 is 0 Å². The molecule has 6 heteroatoms. The molecule has 0 spiro atoms. The molecule has 142 valence electrons. The summed E-state index contributed by atoms with van der Waals surface area (Å²) in [7, 11) is 0. The van der Waals surface area contributed by atoms with Crippen LogP contribution in [0.5, 0.6) is 0 Å². The average Bonchev–Trinajstić information content (AvgIpc) is 3.33. The van der Waals surface area contributed by atoms with Gasteiger partial charge in [-0.25, -0.2) is 0 Å². The average molecular weight is 392 g/mol. The topological polar surface area (TPSA) is 62.6 Å². The van der Waals surface area contributed by atoms with E-state index in [2.05, 4.69) is 5.32 Å². The quantitative estimate of drug-likeness (QED) is 0.688. The second-order valence-electron chi connectivity index (χ2n) is 6.71. The van der Waals surface area contributed by atoms with Gasteiger partial charge in [0.05, 0.1) is 18.6 Å². The fraction of sp³-hybridized carbons (Fsp3) is 0.182. The highest BCUT2D eigenvalue weighted by Gasteiger charge is 2.33. The van der Waals surface area contributed by atoms with Gasteiger partial charge in [0.25, 0.3) is 5.91 Å². The Morgan fingerprint density at radius 2 is 2.00 bits per heavy atom. The number of nitrogens with one attached hydrogen (secondary N) is 1. The molecule has 0 bridgehead atoms. The summed E-state index contributed by atoms with van der Waals surface area (Å²) >= 11 is 1.59. The minimum atomic E-state index is -0.153. The third-order valence-electron chi connectivity index (χ3n) is 4.61. The van der Waals surface area contributed by atoms with Gasteiger partial charge in [-0.1, -0.05) is 24.3 Å². The fourth-order valence-electron chi connectivity index (χ4n) is 3.20. The molecule has 1 aromatic heterocycles. The Morgan fingerprint density at radius 3 is 2.71 bits per heavy atom. The van der Waals surface area contributed by atoms with E-state index in [-0.39, 0.29) is 17.2 Å². The normalized spacial score (nSPS) is 16.4. The Kier molecular flexibility index (Phi) is 5.21. The number of furan rings is 1. The largest absolute Gasteiger partial charge is 0.467 e. The molecule has 1 saturated heterocycles. The van der Waals surface area contributed by atoms with E-state index in [1.165, 1.54) is 0 Å². The number of nitrogens with zero attached hydrogens (tertiary/aromatic N) is 1. The summed E-state index contributed by atoms with van der Waals surface area (Å²) in [4.78, 5) is 26.6. The van der Waals surface area contributed by atoms with Crippen LogP contribution < -0.4 is 5.32 Å². The molecule has 1 atom stereocenters. The molecular formula is C22H20N2O3S. The van der Waals surface area contributed by atoms with Gasteiger partial charge in [-0.3, -0.25) is 9.59 Å². The Labute approximate surface area is 167 Å². The van der Waals surface area contributed by atoms with Crippen LogP contribution >= 0.6 is 11.8 Å². The third kappa shape index (κ3) is 3.97. The molecule has 2 heterocycles. The number of carbonyl (C=O) groups excluding carboxylic acids is 2. The maximum atomic E-state index is 12.5. The lowest BCUT2D eigenvalue weighted by Crippen LogP contribution is -2.27. The third-order valence-corrected chi connectivity index (χ3v) is 5.86. The SMILES string of the molecule is Cc1cccc(NC(=O)c2ccc([C@H]3SCC(=O)N3Cc3ccco3)cc2)c1. The molecule has 0 aliphatic carbocycles.